The van der Waals surface area contributed by atoms with Crippen LogP contribution in [0.15, 0.2) is 56.8 Å². The standard InChI is InChI=1S/C21H14FNO3S2/c1-11-7-12(2)18-16(8-11)26-10-13(19(18)24)9-17-20(25)23(21(27)28-17)15-5-3-14(22)4-6-15/h3-10H,1-2H3. The fourth-order valence-electron chi connectivity index (χ4n) is 3.16. The van der Waals surface area contributed by atoms with Crippen LogP contribution < -0.4 is 10.3 Å². The maximum Gasteiger partial charge on any atom is 0.270 e. The van der Waals surface area contributed by atoms with Crippen molar-refractivity contribution < 1.29 is 13.6 Å². The first-order chi connectivity index (χ1) is 13.3. The molecule has 0 aliphatic carbocycles. The highest BCUT2D eigenvalue weighted by molar-refractivity contribution is 8.27. The molecule has 0 atom stereocenters. The first-order valence-corrected chi connectivity index (χ1v) is 9.64. The molecule has 0 spiro atoms. The van der Waals surface area contributed by atoms with Gasteiger partial charge < -0.3 is 4.42 Å². The molecule has 1 aliphatic heterocycles. The highest BCUT2D eigenvalue weighted by Gasteiger charge is 2.33. The molecule has 140 valence electrons. The van der Waals surface area contributed by atoms with Crippen molar-refractivity contribution in [1.82, 2.24) is 0 Å². The molecule has 0 radical (unpaired) electrons. The van der Waals surface area contributed by atoms with E-state index in [2.05, 4.69) is 0 Å². The summed E-state index contributed by atoms with van der Waals surface area (Å²) in [6.07, 6.45) is 2.85. The molecule has 0 N–H and O–H groups in total. The van der Waals surface area contributed by atoms with Gasteiger partial charge in [0.25, 0.3) is 5.91 Å². The van der Waals surface area contributed by atoms with E-state index in [1.165, 1.54) is 41.5 Å². The number of hydrogen-bond donors (Lipinski definition) is 0. The Balaban J connectivity index is 1.76. The van der Waals surface area contributed by atoms with Crippen LogP contribution in [0.4, 0.5) is 10.1 Å². The Labute approximate surface area is 169 Å². The molecule has 7 heteroatoms. The lowest BCUT2D eigenvalue weighted by Gasteiger charge is -2.14. The zero-order valence-electron chi connectivity index (χ0n) is 15.0. The number of anilines is 1. The van der Waals surface area contributed by atoms with Gasteiger partial charge in [0.15, 0.2) is 9.75 Å². The number of halogens is 1. The molecule has 0 saturated carbocycles. The van der Waals surface area contributed by atoms with Crippen LogP contribution in [0.3, 0.4) is 0 Å². The smallest absolute Gasteiger partial charge is 0.270 e. The monoisotopic (exact) mass is 411 g/mol. The molecule has 4 rings (SSSR count). The normalized spacial score (nSPS) is 15.8. The van der Waals surface area contributed by atoms with Crippen molar-refractivity contribution in [2.24, 2.45) is 0 Å². The number of aryl methyl sites for hydroxylation is 2. The van der Waals surface area contributed by atoms with E-state index in [1.54, 1.807) is 0 Å². The molecule has 1 saturated heterocycles. The summed E-state index contributed by atoms with van der Waals surface area (Å²) in [7, 11) is 0. The number of fused-ring (bicyclic) bond motifs is 1. The third kappa shape index (κ3) is 3.16. The number of carbonyl (C=O) groups excluding carboxylic acids is 1. The van der Waals surface area contributed by atoms with Crippen molar-refractivity contribution in [3.8, 4) is 0 Å². The second kappa shape index (κ2) is 7.00. The van der Waals surface area contributed by atoms with Gasteiger partial charge in [-0.05, 0) is 61.4 Å². The molecule has 0 unspecified atom stereocenters. The van der Waals surface area contributed by atoms with E-state index in [9.17, 15) is 14.0 Å². The lowest BCUT2D eigenvalue weighted by Crippen LogP contribution is -2.27. The zero-order valence-corrected chi connectivity index (χ0v) is 16.6. The summed E-state index contributed by atoms with van der Waals surface area (Å²) in [5, 5.41) is 0.494. The Kier molecular flexibility index (Phi) is 4.64. The summed E-state index contributed by atoms with van der Waals surface area (Å²) >= 11 is 6.39. The number of rotatable bonds is 2. The predicted molar refractivity (Wildman–Crippen MR) is 114 cm³/mol. The predicted octanol–water partition coefficient (Wildman–Crippen LogP) is 4.95. The largest absolute Gasteiger partial charge is 0.463 e. The van der Waals surface area contributed by atoms with Crippen LogP contribution in [0.2, 0.25) is 0 Å². The van der Waals surface area contributed by atoms with Crippen LogP contribution in [0.5, 0.6) is 0 Å². The van der Waals surface area contributed by atoms with Crippen molar-refractivity contribution in [3.05, 3.63) is 80.3 Å². The molecule has 4 nitrogen and oxygen atoms in total. The van der Waals surface area contributed by atoms with Crippen LogP contribution >= 0.6 is 24.0 Å². The minimum Gasteiger partial charge on any atom is -0.463 e. The molecular weight excluding hydrogens is 397 g/mol. The van der Waals surface area contributed by atoms with Crippen molar-refractivity contribution in [2.75, 3.05) is 4.90 Å². The Morgan fingerprint density at radius 2 is 1.86 bits per heavy atom. The highest BCUT2D eigenvalue weighted by Crippen LogP contribution is 2.36. The minimum absolute atomic E-state index is 0.203. The SMILES string of the molecule is Cc1cc(C)c2c(=O)c(C=C3SC(=S)N(c4ccc(F)cc4)C3=O)coc2c1. The molecule has 2 aromatic carbocycles. The summed E-state index contributed by atoms with van der Waals surface area (Å²) in [4.78, 5) is 27.4. The van der Waals surface area contributed by atoms with Gasteiger partial charge in [0.2, 0.25) is 0 Å². The van der Waals surface area contributed by atoms with Crippen LogP contribution in [-0.2, 0) is 4.79 Å². The van der Waals surface area contributed by atoms with Gasteiger partial charge in [0.05, 0.1) is 21.5 Å². The van der Waals surface area contributed by atoms with Gasteiger partial charge in [0.1, 0.15) is 17.7 Å². The van der Waals surface area contributed by atoms with Crippen LogP contribution in [-0.4, -0.2) is 10.2 Å². The van der Waals surface area contributed by atoms with Gasteiger partial charge in [0, 0.05) is 0 Å². The maximum absolute atomic E-state index is 13.2. The fraction of sp³-hybridized carbons (Fsp3) is 0.0952. The zero-order chi connectivity index (χ0) is 20.0. The summed E-state index contributed by atoms with van der Waals surface area (Å²) in [6.45, 7) is 3.78. The van der Waals surface area contributed by atoms with E-state index in [1.807, 2.05) is 26.0 Å². The third-order valence-corrected chi connectivity index (χ3v) is 5.71. The Morgan fingerprint density at radius 1 is 1.14 bits per heavy atom. The van der Waals surface area contributed by atoms with E-state index in [0.29, 0.717) is 25.9 Å². The van der Waals surface area contributed by atoms with Crippen molar-refractivity contribution in [3.63, 3.8) is 0 Å². The molecule has 1 aliphatic rings. The summed E-state index contributed by atoms with van der Waals surface area (Å²) in [5.41, 5.74) is 2.88. The third-order valence-electron chi connectivity index (χ3n) is 4.41. The average Bonchev–Trinajstić information content (AvgIpc) is 2.91. The van der Waals surface area contributed by atoms with E-state index < -0.39 is 5.82 Å². The molecule has 1 aromatic heterocycles. The second-order valence-corrected chi connectivity index (χ2v) is 8.14. The number of thioether (sulfide) groups is 1. The Morgan fingerprint density at radius 3 is 2.57 bits per heavy atom. The number of benzene rings is 2. The van der Waals surface area contributed by atoms with E-state index >= 15 is 0 Å². The number of hydrogen-bond acceptors (Lipinski definition) is 5. The van der Waals surface area contributed by atoms with Gasteiger partial charge in [-0.15, -0.1) is 0 Å². The Bertz CT molecular complexity index is 1230. The maximum atomic E-state index is 13.2. The molecule has 3 aromatic rings. The van der Waals surface area contributed by atoms with Gasteiger partial charge in [-0.2, -0.15) is 0 Å². The van der Waals surface area contributed by atoms with Gasteiger partial charge in [-0.1, -0.05) is 30.0 Å². The van der Waals surface area contributed by atoms with Gasteiger partial charge in [-0.3, -0.25) is 14.5 Å². The van der Waals surface area contributed by atoms with Crippen LogP contribution in [0, 0.1) is 19.7 Å². The summed E-state index contributed by atoms with van der Waals surface area (Å²) < 4.78 is 19.1. The van der Waals surface area contributed by atoms with Crippen molar-refractivity contribution in [1.29, 1.82) is 0 Å². The average molecular weight is 411 g/mol. The number of thiocarbonyl (C=S) groups is 1. The Hall–Kier alpha value is -2.77. The van der Waals surface area contributed by atoms with E-state index in [4.69, 9.17) is 16.6 Å². The first kappa shape index (κ1) is 18.6. The van der Waals surface area contributed by atoms with Crippen molar-refractivity contribution >= 4 is 56.9 Å². The first-order valence-electron chi connectivity index (χ1n) is 8.41. The second-order valence-electron chi connectivity index (χ2n) is 6.47. The van der Waals surface area contributed by atoms with E-state index in [-0.39, 0.29) is 16.9 Å². The molecule has 0 bridgehead atoms. The van der Waals surface area contributed by atoms with Crippen LogP contribution in [0.1, 0.15) is 16.7 Å². The molecular formula is C21H14FNO3S2. The summed E-state index contributed by atoms with van der Waals surface area (Å²) in [6, 6.07) is 9.22. The van der Waals surface area contributed by atoms with E-state index in [0.717, 1.165) is 22.9 Å². The lowest BCUT2D eigenvalue weighted by molar-refractivity contribution is -0.113. The molecule has 28 heavy (non-hydrogen) atoms. The topological polar surface area (TPSA) is 50.5 Å². The lowest BCUT2D eigenvalue weighted by atomic mass is 10.0. The highest BCUT2D eigenvalue weighted by atomic mass is 32.2. The quantitative estimate of drug-likeness (QED) is 0.441. The fourth-order valence-corrected chi connectivity index (χ4v) is 4.45. The molecule has 1 fully saturated rings. The van der Waals surface area contributed by atoms with Gasteiger partial charge >= 0.3 is 0 Å². The number of amides is 1. The minimum atomic E-state index is -0.399. The van der Waals surface area contributed by atoms with Gasteiger partial charge in [-0.25, -0.2) is 4.39 Å². The number of carbonyl (C=O) groups is 1. The number of nitrogens with zero attached hydrogens (tertiary/aromatic N) is 1. The summed E-state index contributed by atoms with van der Waals surface area (Å²) in [5.74, 6) is -0.758. The van der Waals surface area contributed by atoms with Crippen molar-refractivity contribution in [2.45, 2.75) is 13.8 Å². The van der Waals surface area contributed by atoms with Crippen LogP contribution in [0.25, 0.3) is 17.0 Å². The molecule has 1 amide bonds. The molecule has 2 heterocycles.